The minimum absolute atomic E-state index is 0.0460. The highest BCUT2D eigenvalue weighted by atomic mass is 19.1. The van der Waals surface area contributed by atoms with Gasteiger partial charge in [-0.1, -0.05) is 0 Å². The van der Waals surface area contributed by atoms with Crippen LogP contribution in [-0.2, 0) is 9.53 Å². The number of nitrogens with one attached hydrogen (secondary N) is 2. The van der Waals surface area contributed by atoms with Crippen molar-refractivity contribution in [3.63, 3.8) is 0 Å². The number of ether oxygens (including phenoxy) is 1. The van der Waals surface area contributed by atoms with Gasteiger partial charge in [0.1, 0.15) is 5.82 Å². The van der Waals surface area contributed by atoms with E-state index in [0.717, 1.165) is 0 Å². The van der Waals surface area contributed by atoms with Crippen LogP contribution in [0, 0.1) is 5.82 Å². The largest absolute Gasteiger partial charge is 0.465 e. The number of carbonyl (C=O) groups excluding carboxylic acids is 2. The van der Waals surface area contributed by atoms with Crippen LogP contribution >= 0.6 is 0 Å². The number of amides is 1. The van der Waals surface area contributed by atoms with Crippen molar-refractivity contribution in [2.75, 3.05) is 24.3 Å². The lowest BCUT2D eigenvalue weighted by molar-refractivity contribution is -0.114. The van der Waals surface area contributed by atoms with Gasteiger partial charge >= 0.3 is 5.97 Å². The van der Waals surface area contributed by atoms with Gasteiger partial charge in [0.25, 0.3) is 0 Å². The Balaban J connectivity index is 1.86. The second kappa shape index (κ2) is 7.21. The summed E-state index contributed by atoms with van der Waals surface area (Å²) in [5, 5.41) is 5.56. The van der Waals surface area contributed by atoms with Crippen LogP contribution in [0.25, 0.3) is 0 Å². The van der Waals surface area contributed by atoms with Gasteiger partial charge in [-0.25, -0.2) is 9.18 Å². The molecule has 0 saturated carbocycles. The molecule has 0 saturated heterocycles. The molecule has 0 bridgehead atoms. The zero-order chi connectivity index (χ0) is 15.9. The Morgan fingerprint density at radius 3 is 2.18 bits per heavy atom. The van der Waals surface area contributed by atoms with E-state index in [4.69, 9.17) is 0 Å². The van der Waals surface area contributed by atoms with Crippen molar-refractivity contribution in [1.82, 2.24) is 0 Å². The number of benzene rings is 2. The molecule has 6 heteroatoms. The smallest absolute Gasteiger partial charge is 0.337 e. The molecule has 0 aromatic heterocycles. The molecule has 2 aromatic rings. The fourth-order valence-corrected chi connectivity index (χ4v) is 1.76. The number of hydrogen-bond donors (Lipinski definition) is 2. The average Bonchev–Trinajstić information content (AvgIpc) is 2.54. The molecule has 2 N–H and O–H groups in total. The zero-order valence-electron chi connectivity index (χ0n) is 11.9. The summed E-state index contributed by atoms with van der Waals surface area (Å²) in [5.41, 5.74) is 1.63. The van der Waals surface area contributed by atoms with E-state index in [1.54, 1.807) is 36.4 Å². The molecule has 1 amide bonds. The Bertz CT molecular complexity index is 654. The maximum absolute atomic E-state index is 12.7. The Morgan fingerprint density at radius 1 is 1.00 bits per heavy atom. The summed E-state index contributed by atoms with van der Waals surface area (Å²) in [7, 11) is 1.30. The third-order valence-corrected chi connectivity index (χ3v) is 2.89. The van der Waals surface area contributed by atoms with Crippen LogP contribution in [0.4, 0.5) is 15.8 Å². The van der Waals surface area contributed by atoms with Crippen LogP contribution in [0.1, 0.15) is 10.4 Å². The summed E-state index contributed by atoms with van der Waals surface area (Å²) in [6.45, 7) is 0.0460. The van der Waals surface area contributed by atoms with Gasteiger partial charge in [-0.05, 0) is 48.5 Å². The second-order valence-electron chi connectivity index (χ2n) is 4.48. The topological polar surface area (TPSA) is 67.4 Å². The first-order valence-electron chi connectivity index (χ1n) is 6.56. The molecule has 0 aliphatic rings. The lowest BCUT2D eigenvalue weighted by Gasteiger charge is -2.08. The minimum Gasteiger partial charge on any atom is -0.465 e. The predicted octanol–water partition coefficient (Wildman–Crippen LogP) is 2.66. The van der Waals surface area contributed by atoms with E-state index in [9.17, 15) is 14.0 Å². The first kappa shape index (κ1) is 15.5. The van der Waals surface area contributed by atoms with E-state index < -0.39 is 5.97 Å². The quantitative estimate of drug-likeness (QED) is 0.833. The Kier molecular flexibility index (Phi) is 5.08. The molecule has 0 spiro atoms. The molecule has 0 aliphatic heterocycles. The highest BCUT2D eigenvalue weighted by Gasteiger charge is 2.06. The fourth-order valence-electron chi connectivity index (χ4n) is 1.76. The summed E-state index contributed by atoms with van der Waals surface area (Å²) < 4.78 is 17.3. The number of carbonyl (C=O) groups is 2. The Labute approximate surface area is 127 Å². The van der Waals surface area contributed by atoms with Crippen LogP contribution in [-0.4, -0.2) is 25.5 Å². The first-order valence-corrected chi connectivity index (χ1v) is 6.56. The van der Waals surface area contributed by atoms with Crippen LogP contribution in [0.2, 0.25) is 0 Å². The van der Waals surface area contributed by atoms with E-state index in [0.29, 0.717) is 16.9 Å². The molecule has 0 heterocycles. The Morgan fingerprint density at radius 2 is 1.59 bits per heavy atom. The SMILES string of the molecule is COC(=O)c1ccc(NC(=O)CNc2ccc(F)cc2)cc1. The van der Waals surface area contributed by atoms with Crippen LogP contribution in [0.3, 0.4) is 0 Å². The molecule has 0 aliphatic carbocycles. The number of methoxy groups -OCH3 is 1. The molecule has 0 unspecified atom stereocenters. The van der Waals surface area contributed by atoms with E-state index in [1.807, 2.05) is 0 Å². The predicted molar refractivity (Wildman–Crippen MR) is 81.3 cm³/mol. The molecule has 5 nitrogen and oxygen atoms in total. The maximum atomic E-state index is 12.7. The van der Waals surface area contributed by atoms with Crippen molar-refractivity contribution < 1.29 is 18.7 Å². The number of anilines is 2. The van der Waals surface area contributed by atoms with Crippen LogP contribution in [0.15, 0.2) is 48.5 Å². The summed E-state index contributed by atoms with van der Waals surface area (Å²) in [6.07, 6.45) is 0. The third kappa shape index (κ3) is 4.31. The van der Waals surface area contributed by atoms with Crippen LogP contribution < -0.4 is 10.6 Å². The van der Waals surface area contributed by atoms with Crippen molar-refractivity contribution in [3.8, 4) is 0 Å². The molecule has 0 atom stereocenters. The monoisotopic (exact) mass is 302 g/mol. The van der Waals surface area contributed by atoms with E-state index in [2.05, 4.69) is 15.4 Å². The van der Waals surface area contributed by atoms with Gasteiger partial charge in [-0.3, -0.25) is 4.79 Å². The standard InChI is InChI=1S/C16H15FN2O3/c1-22-16(21)11-2-6-14(7-3-11)19-15(20)10-18-13-8-4-12(17)5-9-13/h2-9,18H,10H2,1H3,(H,19,20). The van der Waals surface area contributed by atoms with Gasteiger partial charge in [-0.2, -0.15) is 0 Å². The number of rotatable bonds is 5. The first-order chi connectivity index (χ1) is 10.6. The molecular formula is C16H15FN2O3. The third-order valence-electron chi connectivity index (χ3n) is 2.89. The molecule has 22 heavy (non-hydrogen) atoms. The van der Waals surface area contributed by atoms with E-state index in [1.165, 1.54) is 19.2 Å². The molecule has 2 aromatic carbocycles. The van der Waals surface area contributed by atoms with Gasteiger partial charge in [0, 0.05) is 11.4 Å². The summed E-state index contributed by atoms with van der Waals surface area (Å²) in [6, 6.07) is 12.1. The van der Waals surface area contributed by atoms with Crippen molar-refractivity contribution in [2.24, 2.45) is 0 Å². The average molecular weight is 302 g/mol. The van der Waals surface area contributed by atoms with Gasteiger partial charge in [0.15, 0.2) is 0 Å². The zero-order valence-corrected chi connectivity index (χ0v) is 11.9. The van der Waals surface area contributed by atoms with Crippen molar-refractivity contribution in [2.45, 2.75) is 0 Å². The van der Waals surface area contributed by atoms with Gasteiger partial charge in [0.05, 0.1) is 19.2 Å². The van der Waals surface area contributed by atoms with Crippen molar-refractivity contribution >= 4 is 23.3 Å². The number of esters is 1. The summed E-state index contributed by atoms with van der Waals surface area (Å²) in [5.74, 6) is -1.02. The Hall–Kier alpha value is -2.89. The van der Waals surface area contributed by atoms with Crippen molar-refractivity contribution in [3.05, 3.63) is 59.9 Å². The second-order valence-corrected chi connectivity index (χ2v) is 4.48. The van der Waals surface area contributed by atoms with Crippen LogP contribution in [0.5, 0.6) is 0 Å². The summed E-state index contributed by atoms with van der Waals surface area (Å²) in [4.78, 5) is 23.1. The van der Waals surface area contributed by atoms with Crippen molar-refractivity contribution in [1.29, 1.82) is 0 Å². The molecule has 0 radical (unpaired) electrons. The lowest BCUT2D eigenvalue weighted by Crippen LogP contribution is -2.21. The summed E-state index contributed by atoms with van der Waals surface area (Å²) >= 11 is 0. The van der Waals surface area contributed by atoms with E-state index in [-0.39, 0.29) is 18.3 Å². The van der Waals surface area contributed by atoms with Gasteiger partial charge < -0.3 is 15.4 Å². The lowest BCUT2D eigenvalue weighted by atomic mass is 10.2. The van der Waals surface area contributed by atoms with Gasteiger partial charge in [-0.15, -0.1) is 0 Å². The molecule has 2 rings (SSSR count). The molecular weight excluding hydrogens is 287 g/mol. The molecule has 0 fully saturated rings. The normalized spacial score (nSPS) is 9.91. The van der Waals surface area contributed by atoms with Gasteiger partial charge in [0.2, 0.25) is 5.91 Å². The molecule has 114 valence electrons. The number of halogens is 1. The maximum Gasteiger partial charge on any atom is 0.337 e. The highest BCUT2D eigenvalue weighted by Crippen LogP contribution is 2.11. The minimum atomic E-state index is -0.434. The van der Waals surface area contributed by atoms with E-state index >= 15 is 0 Å². The number of hydrogen-bond acceptors (Lipinski definition) is 4. The fraction of sp³-hybridized carbons (Fsp3) is 0.125. The highest BCUT2D eigenvalue weighted by molar-refractivity contribution is 5.95.